The molecule has 0 unspecified atom stereocenters. The van der Waals surface area contributed by atoms with Gasteiger partial charge in [0.2, 0.25) is 5.91 Å². The van der Waals surface area contributed by atoms with E-state index in [0.717, 1.165) is 29.9 Å². The van der Waals surface area contributed by atoms with Gasteiger partial charge in [-0.05, 0) is 30.2 Å². The van der Waals surface area contributed by atoms with E-state index in [2.05, 4.69) is 40.2 Å². The zero-order chi connectivity index (χ0) is 23.5. The lowest BCUT2D eigenvalue weighted by Gasteiger charge is -2.36. The van der Waals surface area contributed by atoms with Crippen molar-refractivity contribution < 1.29 is 9.59 Å². The molecular weight excluding hydrogens is 426 g/mol. The van der Waals surface area contributed by atoms with Gasteiger partial charge in [-0.3, -0.25) is 14.7 Å². The highest BCUT2D eigenvalue weighted by atomic mass is 16.2. The fourth-order valence-electron chi connectivity index (χ4n) is 4.72. The number of benzene rings is 2. The van der Waals surface area contributed by atoms with E-state index in [1.165, 1.54) is 11.3 Å². The Morgan fingerprint density at radius 1 is 0.912 bits per heavy atom. The Morgan fingerprint density at radius 2 is 1.65 bits per heavy atom. The summed E-state index contributed by atoms with van der Waals surface area (Å²) in [4.78, 5) is 32.1. The minimum atomic E-state index is -0.0592. The molecule has 3 heterocycles. The van der Waals surface area contributed by atoms with E-state index in [1.54, 1.807) is 11.0 Å². The average Bonchev–Trinajstić information content (AvgIpc) is 3.31. The molecule has 3 aromatic rings. The van der Waals surface area contributed by atoms with Crippen LogP contribution in [-0.2, 0) is 17.8 Å². The number of hydrogen-bond donors (Lipinski definition) is 1. The number of hydrogen-bond acceptors (Lipinski definition) is 4. The summed E-state index contributed by atoms with van der Waals surface area (Å²) in [5, 5.41) is 7.41. The molecule has 5 rings (SSSR count). The molecule has 0 atom stereocenters. The zero-order valence-corrected chi connectivity index (χ0v) is 19.4. The number of H-pyrrole nitrogens is 1. The van der Waals surface area contributed by atoms with Gasteiger partial charge in [-0.1, -0.05) is 48.5 Å². The maximum absolute atomic E-state index is 13.3. The standard InChI is InChI=1S/C27H29N5O2/c1-20-7-5-6-10-24(20)30-15-17-31(18-16-30)27(34)26-22-19-32(14-13-23(22)28-29-26)25(33)12-11-21-8-3-2-4-9-21/h2-12H,13-19H2,1H3,(H,28,29)/b12-11+. The first-order valence-electron chi connectivity index (χ1n) is 11.8. The van der Waals surface area contributed by atoms with Gasteiger partial charge in [0.25, 0.3) is 5.91 Å². The van der Waals surface area contributed by atoms with Gasteiger partial charge >= 0.3 is 0 Å². The van der Waals surface area contributed by atoms with Crippen LogP contribution < -0.4 is 4.90 Å². The third-order valence-corrected chi connectivity index (χ3v) is 6.69. The number of nitrogens with one attached hydrogen (secondary N) is 1. The molecule has 1 saturated heterocycles. The maximum atomic E-state index is 13.3. The fourth-order valence-corrected chi connectivity index (χ4v) is 4.72. The van der Waals surface area contributed by atoms with Crippen molar-refractivity contribution in [1.29, 1.82) is 0 Å². The predicted octanol–water partition coefficient (Wildman–Crippen LogP) is 3.28. The molecule has 7 nitrogen and oxygen atoms in total. The minimum Gasteiger partial charge on any atom is -0.368 e. The van der Waals surface area contributed by atoms with Crippen LogP contribution in [0, 0.1) is 6.92 Å². The van der Waals surface area contributed by atoms with Crippen LogP contribution in [0.5, 0.6) is 0 Å². The smallest absolute Gasteiger partial charge is 0.274 e. The van der Waals surface area contributed by atoms with Gasteiger partial charge in [-0.25, -0.2) is 0 Å². The third kappa shape index (κ3) is 4.46. The summed E-state index contributed by atoms with van der Waals surface area (Å²) >= 11 is 0. The van der Waals surface area contributed by atoms with Crippen LogP contribution >= 0.6 is 0 Å². The Hall–Kier alpha value is -3.87. The monoisotopic (exact) mass is 455 g/mol. The lowest BCUT2D eigenvalue weighted by molar-refractivity contribution is -0.126. The van der Waals surface area contributed by atoms with Crippen molar-refractivity contribution in [3.63, 3.8) is 0 Å². The number of carbonyl (C=O) groups excluding carboxylic acids is 2. The summed E-state index contributed by atoms with van der Waals surface area (Å²) in [7, 11) is 0. The second-order valence-electron chi connectivity index (χ2n) is 8.85. The van der Waals surface area contributed by atoms with Crippen molar-refractivity contribution in [1.82, 2.24) is 20.0 Å². The molecule has 0 bridgehead atoms. The number of nitrogens with zero attached hydrogens (tertiary/aromatic N) is 4. The quantitative estimate of drug-likeness (QED) is 0.613. The van der Waals surface area contributed by atoms with Crippen LogP contribution in [0.3, 0.4) is 0 Å². The summed E-state index contributed by atoms with van der Waals surface area (Å²) in [6.45, 7) is 6.00. The molecule has 1 aromatic heterocycles. The second-order valence-corrected chi connectivity index (χ2v) is 8.85. The number of aromatic amines is 1. The number of carbonyl (C=O) groups is 2. The number of para-hydroxylation sites is 1. The summed E-state index contributed by atoms with van der Waals surface area (Å²) in [6, 6.07) is 18.1. The van der Waals surface area contributed by atoms with Crippen LogP contribution in [0.4, 0.5) is 5.69 Å². The molecule has 7 heteroatoms. The topological polar surface area (TPSA) is 72.5 Å². The van der Waals surface area contributed by atoms with Gasteiger partial charge < -0.3 is 14.7 Å². The molecule has 0 radical (unpaired) electrons. The van der Waals surface area contributed by atoms with Crippen LogP contribution in [-0.4, -0.2) is 64.5 Å². The Morgan fingerprint density at radius 3 is 2.41 bits per heavy atom. The molecule has 174 valence electrons. The summed E-state index contributed by atoms with van der Waals surface area (Å²) in [5.74, 6) is -0.114. The van der Waals surface area contributed by atoms with Crippen LogP contribution in [0.2, 0.25) is 0 Å². The highest BCUT2D eigenvalue weighted by Crippen LogP contribution is 2.24. The van der Waals surface area contributed by atoms with Crippen LogP contribution in [0.1, 0.15) is 32.9 Å². The van der Waals surface area contributed by atoms with E-state index >= 15 is 0 Å². The number of aryl methyl sites for hydroxylation is 1. The molecule has 2 aliphatic heterocycles. The Bertz CT molecular complexity index is 1210. The molecule has 1 fully saturated rings. The van der Waals surface area contributed by atoms with E-state index in [4.69, 9.17) is 0 Å². The normalized spacial score (nSPS) is 16.1. The van der Waals surface area contributed by atoms with Gasteiger partial charge in [-0.15, -0.1) is 0 Å². The van der Waals surface area contributed by atoms with Gasteiger partial charge in [0, 0.05) is 62.2 Å². The van der Waals surface area contributed by atoms with Crippen molar-refractivity contribution in [2.75, 3.05) is 37.6 Å². The highest BCUT2D eigenvalue weighted by Gasteiger charge is 2.31. The van der Waals surface area contributed by atoms with Gasteiger partial charge in [0.15, 0.2) is 5.69 Å². The zero-order valence-electron chi connectivity index (χ0n) is 19.4. The number of anilines is 1. The van der Waals surface area contributed by atoms with Crippen molar-refractivity contribution in [2.45, 2.75) is 19.9 Å². The van der Waals surface area contributed by atoms with Crippen molar-refractivity contribution in [3.8, 4) is 0 Å². The number of amides is 2. The summed E-state index contributed by atoms with van der Waals surface area (Å²) < 4.78 is 0. The first-order chi connectivity index (χ1) is 16.6. The highest BCUT2D eigenvalue weighted by molar-refractivity contribution is 5.95. The number of piperazine rings is 1. The fraction of sp³-hybridized carbons (Fsp3) is 0.296. The summed E-state index contributed by atoms with van der Waals surface area (Å²) in [5.41, 5.74) is 5.71. The molecule has 1 N–H and O–H groups in total. The lowest BCUT2D eigenvalue weighted by atomic mass is 10.0. The Balaban J connectivity index is 1.24. The Labute approximate surface area is 199 Å². The SMILES string of the molecule is Cc1ccccc1N1CCN(C(=O)c2n[nH]c3c2CN(C(=O)/C=C/c2ccccc2)CC3)CC1. The lowest BCUT2D eigenvalue weighted by Crippen LogP contribution is -2.49. The van der Waals surface area contributed by atoms with Crippen molar-refractivity contribution >= 4 is 23.6 Å². The number of fused-ring (bicyclic) bond motifs is 1. The molecule has 2 aliphatic rings. The van der Waals surface area contributed by atoms with E-state index in [0.29, 0.717) is 38.3 Å². The first kappa shape index (κ1) is 21.9. The van der Waals surface area contributed by atoms with E-state index in [-0.39, 0.29) is 11.8 Å². The minimum absolute atomic E-state index is 0.0547. The van der Waals surface area contributed by atoms with E-state index in [9.17, 15) is 9.59 Å². The van der Waals surface area contributed by atoms with E-state index < -0.39 is 0 Å². The first-order valence-corrected chi connectivity index (χ1v) is 11.8. The molecule has 34 heavy (non-hydrogen) atoms. The maximum Gasteiger partial charge on any atom is 0.274 e. The van der Waals surface area contributed by atoms with Crippen LogP contribution in [0.25, 0.3) is 6.08 Å². The van der Waals surface area contributed by atoms with Gasteiger partial charge in [0.05, 0.1) is 6.54 Å². The average molecular weight is 456 g/mol. The summed E-state index contributed by atoms with van der Waals surface area (Å²) in [6.07, 6.45) is 4.10. The molecular formula is C27H29N5O2. The number of rotatable bonds is 4. The molecule has 0 saturated carbocycles. The van der Waals surface area contributed by atoms with Gasteiger partial charge in [0.1, 0.15) is 0 Å². The Kier molecular flexibility index (Phi) is 6.16. The van der Waals surface area contributed by atoms with E-state index in [1.807, 2.05) is 47.4 Å². The number of aromatic nitrogens is 2. The molecule has 2 amide bonds. The second kappa shape index (κ2) is 9.55. The molecule has 0 aliphatic carbocycles. The van der Waals surface area contributed by atoms with Gasteiger partial charge in [-0.2, -0.15) is 5.10 Å². The molecule has 0 spiro atoms. The molecule has 2 aromatic carbocycles. The van der Waals surface area contributed by atoms with Crippen molar-refractivity contribution in [2.24, 2.45) is 0 Å². The largest absolute Gasteiger partial charge is 0.368 e. The van der Waals surface area contributed by atoms with Crippen molar-refractivity contribution in [3.05, 3.63) is 88.8 Å². The van der Waals surface area contributed by atoms with Crippen LogP contribution in [0.15, 0.2) is 60.7 Å². The predicted molar refractivity (Wildman–Crippen MR) is 132 cm³/mol. The third-order valence-electron chi connectivity index (χ3n) is 6.69.